The van der Waals surface area contributed by atoms with Crippen molar-refractivity contribution in [3.63, 3.8) is 0 Å². The van der Waals surface area contributed by atoms with Crippen LogP contribution in [0.2, 0.25) is 0 Å². The first kappa shape index (κ1) is 19.9. The van der Waals surface area contributed by atoms with Crippen LogP contribution in [0.15, 0.2) is 41.3 Å². The number of halogens is 1. The fourth-order valence-corrected chi connectivity index (χ4v) is 3.22. The minimum absolute atomic E-state index is 0.120. The summed E-state index contributed by atoms with van der Waals surface area (Å²) in [5, 5.41) is 2.84. The van der Waals surface area contributed by atoms with Gasteiger partial charge in [-0.1, -0.05) is 12.1 Å². The highest BCUT2D eigenvalue weighted by Crippen LogP contribution is 2.34. The van der Waals surface area contributed by atoms with Crippen LogP contribution in [0.1, 0.15) is 12.0 Å². The number of thioether (sulfide) groups is 1. The van der Waals surface area contributed by atoms with Crippen LogP contribution in [0.3, 0.4) is 0 Å². The molecule has 0 heterocycles. The zero-order chi connectivity index (χ0) is 18.9. The van der Waals surface area contributed by atoms with Crippen molar-refractivity contribution in [2.45, 2.75) is 17.9 Å². The maximum atomic E-state index is 13.5. The Balaban J connectivity index is 1.89. The molecule has 0 atom stereocenters. The van der Waals surface area contributed by atoms with E-state index in [-0.39, 0.29) is 18.1 Å². The zero-order valence-corrected chi connectivity index (χ0v) is 15.8. The second-order valence-corrected chi connectivity index (χ2v) is 6.46. The molecule has 0 saturated carbocycles. The number of carbonyl (C=O) groups excluding carboxylic acids is 1. The summed E-state index contributed by atoms with van der Waals surface area (Å²) in [6, 6.07) is 10.0. The predicted molar refractivity (Wildman–Crippen MR) is 99.7 cm³/mol. The highest BCUT2D eigenvalue weighted by atomic mass is 32.2. The summed E-state index contributed by atoms with van der Waals surface area (Å²) in [6.45, 7) is 0.298. The summed E-state index contributed by atoms with van der Waals surface area (Å²) < 4.78 is 29.4. The maximum absolute atomic E-state index is 13.5. The van der Waals surface area contributed by atoms with E-state index < -0.39 is 0 Å². The van der Waals surface area contributed by atoms with Gasteiger partial charge in [-0.05, 0) is 18.2 Å². The van der Waals surface area contributed by atoms with Gasteiger partial charge in [0.25, 0.3) is 0 Å². The highest BCUT2D eigenvalue weighted by Gasteiger charge is 2.13. The van der Waals surface area contributed by atoms with Gasteiger partial charge in [0.05, 0.1) is 21.3 Å². The van der Waals surface area contributed by atoms with Crippen LogP contribution < -0.4 is 19.5 Å². The van der Waals surface area contributed by atoms with Gasteiger partial charge >= 0.3 is 0 Å². The summed E-state index contributed by atoms with van der Waals surface area (Å²) in [6.07, 6.45) is 0.286. The van der Waals surface area contributed by atoms with Gasteiger partial charge in [0.2, 0.25) is 5.91 Å². The molecule has 26 heavy (non-hydrogen) atoms. The molecule has 2 aromatic carbocycles. The third-order valence-electron chi connectivity index (χ3n) is 3.69. The number of nitrogens with one attached hydrogen (secondary N) is 1. The first-order chi connectivity index (χ1) is 12.6. The summed E-state index contributed by atoms with van der Waals surface area (Å²) in [5.74, 6) is 1.83. The van der Waals surface area contributed by atoms with Crippen molar-refractivity contribution >= 4 is 17.7 Å². The van der Waals surface area contributed by atoms with Crippen molar-refractivity contribution < 1.29 is 23.4 Å². The van der Waals surface area contributed by atoms with Crippen molar-refractivity contribution in [3.05, 3.63) is 47.8 Å². The van der Waals surface area contributed by atoms with Crippen LogP contribution in [-0.4, -0.2) is 33.0 Å². The first-order valence-electron chi connectivity index (χ1n) is 8.02. The molecule has 7 heteroatoms. The van der Waals surface area contributed by atoms with E-state index in [0.29, 0.717) is 34.4 Å². The van der Waals surface area contributed by atoms with Crippen LogP contribution in [0, 0.1) is 5.82 Å². The number of hydrogen-bond donors (Lipinski definition) is 1. The van der Waals surface area contributed by atoms with E-state index in [9.17, 15) is 9.18 Å². The SMILES string of the molecule is COc1cc(OC)c(OC)cc1CNC(=O)CCSc1ccccc1F. The minimum Gasteiger partial charge on any atom is -0.496 e. The second-order valence-electron chi connectivity index (χ2n) is 5.32. The molecule has 5 nitrogen and oxygen atoms in total. The number of ether oxygens (including phenoxy) is 3. The van der Waals surface area contributed by atoms with Crippen LogP contribution >= 0.6 is 11.8 Å². The standard InChI is InChI=1S/C19H22FNO4S/c1-23-15-11-17(25-3)16(24-2)10-13(15)12-21-19(22)8-9-26-18-7-5-4-6-14(18)20/h4-7,10-11H,8-9,12H2,1-3H3,(H,21,22). The second kappa shape index (κ2) is 9.91. The van der Waals surface area contributed by atoms with Crippen LogP contribution in [0.25, 0.3) is 0 Å². The molecular weight excluding hydrogens is 357 g/mol. The molecular formula is C19H22FNO4S. The quantitative estimate of drug-likeness (QED) is 0.674. The molecule has 0 aliphatic heterocycles. The Labute approximate surface area is 156 Å². The monoisotopic (exact) mass is 379 g/mol. The van der Waals surface area contributed by atoms with Gasteiger partial charge in [-0.2, -0.15) is 0 Å². The maximum Gasteiger partial charge on any atom is 0.221 e. The van der Waals surface area contributed by atoms with Gasteiger partial charge in [-0.25, -0.2) is 4.39 Å². The fraction of sp³-hybridized carbons (Fsp3) is 0.316. The van der Waals surface area contributed by atoms with Gasteiger partial charge in [0.15, 0.2) is 11.5 Å². The van der Waals surface area contributed by atoms with Gasteiger partial charge in [-0.3, -0.25) is 4.79 Å². The molecule has 2 aromatic rings. The van der Waals surface area contributed by atoms with E-state index in [1.807, 2.05) is 0 Å². The molecule has 1 amide bonds. The molecule has 0 saturated heterocycles. The molecule has 0 unspecified atom stereocenters. The Morgan fingerprint density at radius 1 is 1.04 bits per heavy atom. The Hall–Kier alpha value is -2.41. The van der Waals surface area contributed by atoms with Gasteiger partial charge in [0, 0.05) is 35.2 Å². The first-order valence-corrected chi connectivity index (χ1v) is 9.00. The molecule has 1 N–H and O–H groups in total. The van der Waals surface area contributed by atoms with E-state index in [1.165, 1.54) is 17.8 Å². The fourth-order valence-electron chi connectivity index (χ4n) is 2.33. The van der Waals surface area contributed by atoms with E-state index in [4.69, 9.17) is 14.2 Å². The molecule has 0 fully saturated rings. The van der Waals surface area contributed by atoms with Crippen molar-refractivity contribution in [3.8, 4) is 17.2 Å². The molecule has 2 rings (SSSR count). The average molecular weight is 379 g/mol. The van der Waals surface area contributed by atoms with Crippen molar-refractivity contribution in [1.82, 2.24) is 5.32 Å². The summed E-state index contributed by atoms with van der Waals surface area (Å²) in [7, 11) is 4.65. The van der Waals surface area contributed by atoms with E-state index in [2.05, 4.69) is 5.32 Å². The zero-order valence-electron chi connectivity index (χ0n) is 15.0. The lowest BCUT2D eigenvalue weighted by molar-refractivity contribution is -0.120. The summed E-state index contributed by atoms with van der Waals surface area (Å²) in [4.78, 5) is 12.6. The number of carbonyl (C=O) groups is 1. The lowest BCUT2D eigenvalue weighted by atomic mass is 10.1. The molecule has 0 bridgehead atoms. The van der Waals surface area contributed by atoms with Gasteiger partial charge in [0.1, 0.15) is 11.6 Å². The summed E-state index contributed by atoms with van der Waals surface area (Å²) in [5.41, 5.74) is 0.778. The smallest absolute Gasteiger partial charge is 0.221 e. The molecule has 0 aliphatic rings. The van der Waals surface area contributed by atoms with Crippen LogP contribution in [-0.2, 0) is 11.3 Å². The van der Waals surface area contributed by atoms with Gasteiger partial charge < -0.3 is 19.5 Å². The van der Waals surface area contributed by atoms with E-state index in [0.717, 1.165) is 5.56 Å². The Kier molecular flexibility index (Phi) is 7.59. The van der Waals surface area contributed by atoms with E-state index >= 15 is 0 Å². The van der Waals surface area contributed by atoms with Gasteiger partial charge in [-0.15, -0.1) is 11.8 Å². The normalized spacial score (nSPS) is 10.3. The van der Waals surface area contributed by atoms with Crippen molar-refractivity contribution in [2.24, 2.45) is 0 Å². The molecule has 0 aromatic heterocycles. The molecule has 140 valence electrons. The summed E-state index contributed by atoms with van der Waals surface area (Å²) >= 11 is 1.32. The Morgan fingerprint density at radius 3 is 2.35 bits per heavy atom. The number of benzene rings is 2. The highest BCUT2D eigenvalue weighted by molar-refractivity contribution is 7.99. The Bertz CT molecular complexity index is 754. The van der Waals surface area contributed by atoms with Crippen LogP contribution in [0.4, 0.5) is 4.39 Å². The average Bonchev–Trinajstić information content (AvgIpc) is 2.67. The third kappa shape index (κ3) is 5.29. The Morgan fingerprint density at radius 2 is 1.69 bits per heavy atom. The third-order valence-corrected chi connectivity index (χ3v) is 4.74. The lowest BCUT2D eigenvalue weighted by Crippen LogP contribution is -2.23. The number of amides is 1. The molecule has 0 spiro atoms. The predicted octanol–water partition coefficient (Wildman–Crippen LogP) is 3.65. The number of hydrogen-bond acceptors (Lipinski definition) is 5. The van der Waals surface area contributed by atoms with Crippen molar-refractivity contribution in [2.75, 3.05) is 27.1 Å². The molecule has 0 aliphatic carbocycles. The number of rotatable bonds is 9. The lowest BCUT2D eigenvalue weighted by Gasteiger charge is -2.14. The minimum atomic E-state index is -0.270. The topological polar surface area (TPSA) is 56.8 Å². The van der Waals surface area contributed by atoms with Crippen LogP contribution in [0.5, 0.6) is 17.2 Å². The van der Waals surface area contributed by atoms with E-state index in [1.54, 1.807) is 51.7 Å². The number of methoxy groups -OCH3 is 3. The largest absolute Gasteiger partial charge is 0.496 e. The van der Waals surface area contributed by atoms with Crippen molar-refractivity contribution in [1.29, 1.82) is 0 Å². The molecule has 0 radical (unpaired) electrons.